The van der Waals surface area contributed by atoms with Gasteiger partial charge < -0.3 is 9.64 Å². The number of hydrogen-bond acceptors (Lipinski definition) is 5. The van der Waals surface area contributed by atoms with Gasteiger partial charge in [0.05, 0.1) is 11.1 Å². The molecule has 2 heterocycles. The molecular weight excluding hydrogens is 394 g/mol. The van der Waals surface area contributed by atoms with E-state index < -0.39 is 11.9 Å². The summed E-state index contributed by atoms with van der Waals surface area (Å²) in [5.41, 5.74) is 4.77. The zero-order valence-electron chi connectivity index (χ0n) is 18.1. The number of thiophene rings is 1. The van der Waals surface area contributed by atoms with Gasteiger partial charge in [-0.1, -0.05) is 23.8 Å². The van der Waals surface area contributed by atoms with E-state index in [2.05, 4.69) is 55.2 Å². The van der Waals surface area contributed by atoms with E-state index in [1.807, 2.05) is 26.8 Å². The summed E-state index contributed by atoms with van der Waals surface area (Å²) in [6, 6.07) is 10.6. The monoisotopic (exact) mass is 421 g/mol. The maximum absolute atomic E-state index is 12.1. The van der Waals surface area contributed by atoms with Crippen LogP contribution < -0.4 is 4.90 Å². The molecule has 1 aliphatic rings. The summed E-state index contributed by atoms with van der Waals surface area (Å²) in [6.07, 6.45) is 5.92. The third-order valence-electron chi connectivity index (χ3n) is 5.12. The van der Waals surface area contributed by atoms with Gasteiger partial charge in [-0.2, -0.15) is 0 Å². The summed E-state index contributed by atoms with van der Waals surface area (Å²) in [4.78, 5) is 28.5. The molecule has 0 amide bonds. The van der Waals surface area contributed by atoms with Gasteiger partial charge >= 0.3 is 11.9 Å². The molecule has 0 radical (unpaired) electrons. The second-order valence-electron chi connectivity index (χ2n) is 7.37. The van der Waals surface area contributed by atoms with Gasteiger partial charge in [0.25, 0.3) is 0 Å². The van der Waals surface area contributed by atoms with Gasteiger partial charge in [0.2, 0.25) is 0 Å². The van der Waals surface area contributed by atoms with Crippen molar-refractivity contribution < 1.29 is 14.3 Å². The van der Waals surface area contributed by atoms with Gasteiger partial charge in [0.15, 0.2) is 0 Å². The van der Waals surface area contributed by atoms with Crippen LogP contribution in [0.3, 0.4) is 0 Å². The van der Waals surface area contributed by atoms with E-state index in [1.165, 1.54) is 5.69 Å². The first-order valence-corrected chi connectivity index (χ1v) is 10.9. The molecule has 156 valence electrons. The highest BCUT2D eigenvalue weighted by Crippen LogP contribution is 2.31. The number of cyclic esters (lactones) is 2. The largest absolute Gasteiger partial charge is 0.386 e. The number of hydrogen-bond donors (Lipinski definition) is 0. The Morgan fingerprint density at radius 1 is 1.03 bits per heavy atom. The van der Waals surface area contributed by atoms with Crippen LogP contribution in [0.25, 0.3) is 18.2 Å². The zero-order valence-corrected chi connectivity index (χ0v) is 18.9. The van der Waals surface area contributed by atoms with E-state index in [1.54, 1.807) is 17.4 Å². The minimum absolute atomic E-state index is 0.337. The second kappa shape index (κ2) is 9.26. The van der Waals surface area contributed by atoms with Crippen molar-refractivity contribution in [2.45, 2.75) is 34.6 Å². The Kier molecular flexibility index (Phi) is 6.73. The summed E-state index contributed by atoms with van der Waals surface area (Å²) < 4.78 is 4.80. The topological polar surface area (TPSA) is 46.6 Å². The van der Waals surface area contributed by atoms with Crippen molar-refractivity contribution in [1.29, 1.82) is 0 Å². The fourth-order valence-corrected chi connectivity index (χ4v) is 4.38. The number of allylic oxidation sites excluding steroid dienone is 1. The molecule has 0 spiro atoms. The van der Waals surface area contributed by atoms with Crippen LogP contribution >= 0.6 is 11.3 Å². The summed E-state index contributed by atoms with van der Waals surface area (Å²) in [5, 5.41) is 0. The number of carbonyl (C=O) groups is 2. The normalized spacial score (nSPS) is 15.4. The average Bonchev–Trinajstić information content (AvgIpc) is 3.20. The van der Waals surface area contributed by atoms with Crippen molar-refractivity contribution in [2.75, 3.05) is 18.0 Å². The molecule has 1 aliphatic heterocycles. The number of anilines is 1. The zero-order chi connectivity index (χ0) is 21.8. The summed E-state index contributed by atoms with van der Waals surface area (Å²) in [5.74, 6) is -1.14. The molecule has 1 aromatic heterocycles. The van der Waals surface area contributed by atoms with Crippen molar-refractivity contribution in [1.82, 2.24) is 0 Å². The number of ether oxygens (including phenoxy) is 1. The van der Waals surface area contributed by atoms with Gasteiger partial charge in [-0.3, -0.25) is 0 Å². The number of benzene rings is 1. The van der Waals surface area contributed by atoms with E-state index in [4.69, 9.17) is 4.74 Å². The lowest BCUT2D eigenvalue weighted by Gasteiger charge is -2.20. The van der Waals surface area contributed by atoms with Crippen LogP contribution in [0, 0.1) is 6.92 Å². The highest BCUT2D eigenvalue weighted by Gasteiger charge is 2.34. The Morgan fingerprint density at radius 2 is 1.70 bits per heavy atom. The Morgan fingerprint density at radius 3 is 2.30 bits per heavy atom. The van der Waals surface area contributed by atoms with Crippen molar-refractivity contribution in [3.8, 4) is 0 Å². The van der Waals surface area contributed by atoms with Crippen LogP contribution in [0.1, 0.15) is 48.6 Å². The summed E-state index contributed by atoms with van der Waals surface area (Å²) >= 11 is 1.65. The van der Waals surface area contributed by atoms with Gasteiger partial charge in [-0.05, 0) is 76.1 Å². The van der Waals surface area contributed by atoms with E-state index in [0.29, 0.717) is 11.1 Å². The van der Waals surface area contributed by atoms with Crippen molar-refractivity contribution in [2.24, 2.45) is 0 Å². The van der Waals surface area contributed by atoms with Crippen molar-refractivity contribution in [3.63, 3.8) is 0 Å². The maximum Gasteiger partial charge on any atom is 0.346 e. The van der Waals surface area contributed by atoms with E-state index in [0.717, 1.165) is 39.5 Å². The molecule has 0 bridgehead atoms. The molecule has 0 N–H and O–H groups in total. The molecule has 1 saturated heterocycles. The van der Waals surface area contributed by atoms with E-state index in [-0.39, 0.29) is 0 Å². The fourth-order valence-electron chi connectivity index (χ4n) is 3.47. The maximum atomic E-state index is 12.1. The van der Waals surface area contributed by atoms with E-state index in [9.17, 15) is 9.59 Å². The molecule has 5 heteroatoms. The molecule has 2 aromatic rings. The predicted octanol–water partition coefficient (Wildman–Crippen LogP) is 5.88. The lowest BCUT2D eigenvalue weighted by molar-refractivity contribution is -0.149. The Balaban J connectivity index is 1.82. The summed E-state index contributed by atoms with van der Waals surface area (Å²) in [7, 11) is 0. The SMILES string of the molecule is CCN(CC)c1ccc(/C=C/c2cc(/C=C3\C(=O)OC(=O)C3=C(C)C)c(C)s2)cc1. The van der Waals surface area contributed by atoms with Crippen molar-refractivity contribution >= 4 is 47.2 Å². The second-order valence-corrected chi connectivity index (χ2v) is 8.66. The molecule has 0 unspecified atom stereocenters. The molecule has 4 nitrogen and oxygen atoms in total. The first kappa shape index (κ1) is 21.8. The smallest absolute Gasteiger partial charge is 0.346 e. The number of aryl methyl sites for hydroxylation is 1. The standard InChI is InChI=1S/C25H27NO3S/c1-6-26(7-2)20-11-8-18(9-12-20)10-13-21-14-19(17(5)30-21)15-22-23(16(3)4)25(28)29-24(22)27/h8-15H,6-7H2,1-5H3/b13-10+,22-15-. The van der Waals surface area contributed by atoms with Gasteiger partial charge in [-0.15, -0.1) is 11.3 Å². The molecule has 1 fully saturated rings. The molecular formula is C25H27NO3S. The van der Waals surface area contributed by atoms with Crippen LogP contribution in [0.5, 0.6) is 0 Å². The van der Waals surface area contributed by atoms with Crippen LogP contribution in [0.2, 0.25) is 0 Å². The first-order chi connectivity index (χ1) is 14.3. The molecule has 30 heavy (non-hydrogen) atoms. The molecule has 0 atom stereocenters. The quantitative estimate of drug-likeness (QED) is 0.332. The third-order valence-corrected chi connectivity index (χ3v) is 6.15. The first-order valence-electron chi connectivity index (χ1n) is 10.1. The number of rotatable bonds is 6. The van der Waals surface area contributed by atoms with Crippen LogP contribution in [-0.2, 0) is 14.3 Å². The van der Waals surface area contributed by atoms with Gasteiger partial charge in [-0.25, -0.2) is 9.59 Å². The Hall–Kier alpha value is -2.92. The summed E-state index contributed by atoms with van der Waals surface area (Å²) in [6.45, 7) is 11.9. The molecule has 1 aromatic carbocycles. The fraction of sp³-hybridized carbons (Fsp3) is 0.280. The van der Waals surface area contributed by atoms with Crippen LogP contribution in [0.4, 0.5) is 5.69 Å². The molecule has 0 aliphatic carbocycles. The lowest BCUT2D eigenvalue weighted by atomic mass is 10.0. The van der Waals surface area contributed by atoms with Gasteiger partial charge in [0, 0.05) is 28.5 Å². The Bertz CT molecular complexity index is 1050. The molecule has 3 rings (SSSR count). The average molecular weight is 422 g/mol. The minimum atomic E-state index is -0.577. The Labute approximate surface area is 182 Å². The van der Waals surface area contributed by atoms with Crippen molar-refractivity contribution in [3.05, 3.63) is 67.9 Å². The minimum Gasteiger partial charge on any atom is -0.386 e. The highest BCUT2D eigenvalue weighted by molar-refractivity contribution is 7.13. The van der Waals surface area contributed by atoms with Gasteiger partial charge in [0.1, 0.15) is 0 Å². The number of nitrogens with zero attached hydrogens (tertiary/aromatic N) is 1. The van der Waals surface area contributed by atoms with E-state index >= 15 is 0 Å². The van der Waals surface area contributed by atoms with Crippen LogP contribution in [-0.4, -0.2) is 25.0 Å². The highest BCUT2D eigenvalue weighted by atomic mass is 32.1. The lowest BCUT2D eigenvalue weighted by Crippen LogP contribution is -2.21. The predicted molar refractivity (Wildman–Crippen MR) is 125 cm³/mol. The number of esters is 2. The van der Waals surface area contributed by atoms with Crippen LogP contribution in [0.15, 0.2) is 47.1 Å². The third kappa shape index (κ3) is 4.62. The molecule has 0 saturated carbocycles. The number of carbonyl (C=O) groups excluding carboxylic acids is 2.